The second kappa shape index (κ2) is 11.3. The van der Waals surface area contributed by atoms with Gasteiger partial charge in [-0.05, 0) is 56.7 Å². The molecule has 0 spiro atoms. The number of halogens is 5. The molecule has 1 aliphatic rings. The van der Waals surface area contributed by atoms with Gasteiger partial charge in [0.25, 0.3) is 18.8 Å². The molecule has 0 fully saturated rings. The van der Waals surface area contributed by atoms with Gasteiger partial charge in [-0.15, -0.1) is 11.3 Å². The highest BCUT2D eigenvalue weighted by molar-refractivity contribution is 7.17. The lowest BCUT2D eigenvalue weighted by molar-refractivity contribution is 0.0334. The van der Waals surface area contributed by atoms with E-state index in [4.69, 9.17) is 20.8 Å². The maximum Gasteiger partial charge on any atom is 0.341 e. The molecule has 0 saturated heterocycles. The molecule has 1 aliphatic carbocycles. The third-order valence-corrected chi connectivity index (χ3v) is 7.64. The Morgan fingerprint density at radius 2 is 1.95 bits per heavy atom. The zero-order valence-electron chi connectivity index (χ0n) is 20.0. The van der Waals surface area contributed by atoms with Crippen molar-refractivity contribution in [2.45, 2.75) is 71.5 Å². The molecule has 0 aliphatic heterocycles. The van der Waals surface area contributed by atoms with E-state index in [-0.39, 0.29) is 17.6 Å². The number of hydrogen-bond donors (Lipinski definition) is 1. The molecule has 0 aromatic carbocycles. The Balaban J connectivity index is 1.56. The van der Waals surface area contributed by atoms with Crippen LogP contribution in [-0.4, -0.2) is 27.8 Å². The standard InChI is InChI=1S/C24H24ClF4N3O4S/c1-3-11(2)35-24(34)16-13-6-4-5-7-15(13)37-23(16)30-22(33)14-9-8-12(36-14)10-32-19(21(28)29)17(25)18(31-32)20(26)27/h8-9,11,20-21H,3-7,10H2,1-2H3,(H,30,33). The molecule has 1 unspecified atom stereocenters. The number of thiophene rings is 1. The predicted octanol–water partition coefficient (Wildman–Crippen LogP) is 7.20. The minimum atomic E-state index is -3.15. The molecule has 0 radical (unpaired) electrons. The molecule has 7 nitrogen and oxygen atoms in total. The smallest absolute Gasteiger partial charge is 0.341 e. The molecule has 3 aromatic rings. The normalized spacial score (nSPS) is 14.2. The van der Waals surface area contributed by atoms with Gasteiger partial charge in [0, 0.05) is 4.88 Å². The number of fused-ring (bicyclic) bond motifs is 1. The largest absolute Gasteiger partial charge is 0.459 e. The lowest BCUT2D eigenvalue weighted by atomic mass is 9.95. The molecule has 3 heterocycles. The van der Waals surface area contributed by atoms with Gasteiger partial charge in [0.15, 0.2) is 5.76 Å². The van der Waals surface area contributed by atoms with Crippen molar-refractivity contribution in [1.82, 2.24) is 9.78 Å². The molecule has 1 atom stereocenters. The number of carbonyl (C=O) groups is 2. The van der Waals surface area contributed by atoms with E-state index in [1.54, 1.807) is 6.92 Å². The van der Waals surface area contributed by atoms with Gasteiger partial charge in [-0.2, -0.15) is 5.10 Å². The fourth-order valence-corrected chi connectivity index (χ4v) is 5.61. The van der Waals surface area contributed by atoms with Crippen molar-refractivity contribution in [2.75, 3.05) is 5.32 Å². The van der Waals surface area contributed by atoms with E-state index in [0.717, 1.165) is 29.7 Å². The first kappa shape index (κ1) is 27.2. The first-order valence-corrected chi connectivity index (χ1v) is 12.9. The fourth-order valence-electron chi connectivity index (χ4n) is 4.03. The third-order valence-electron chi connectivity index (χ3n) is 6.05. The van der Waals surface area contributed by atoms with Crippen molar-refractivity contribution in [3.63, 3.8) is 0 Å². The Morgan fingerprint density at radius 3 is 2.62 bits per heavy atom. The highest BCUT2D eigenvalue weighted by Gasteiger charge is 2.30. The average Bonchev–Trinajstić information content (AvgIpc) is 3.54. The van der Waals surface area contributed by atoms with E-state index in [2.05, 4.69) is 10.4 Å². The van der Waals surface area contributed by atoms with E-state index in [9.17, 15) is 27.2 Å². The van der Waals surface area contributed by atoms with Gasteiger partial charge in [0.1, 0.15) is 22.1 Å². The molecule has 3 aromatic heterocycles. The maximum atomic E-state index is 13.4. The zero-order valence-corrected chi connectivity index (χ0v) is 21.5. The number of rotatable bonds is 9. The summed E-state index contributed by atoms with van der Waals surface area (Å²) in [7, 11) is 0. The van der Waals surface area contributed by atoms with E-state index >= 15 is 0 Å². The summed E-state index contributed by atoms with van der Waals surface area (Å²) in [5.41, 5.74) is -0.606. The number of furan rings is 1. The number of hydrogen-bond acceptors (Lipinski definition) is 6. The summed E-state index contributed by atoms with van der Waals surface area (Å²) in [6, 6.07) is 2.66. The van der Waals surface area contributed by atoms with Crippen LogP contribution in [0.3, 0.4) is 0 Å². The van der Waals surface area contributed by atoms with Gasteiger partial charge in [0.2, 0.25) is 0 Å². The number of esters is 1. The summed E-state index contributed by atoms with van der Waals surface area (Å²) in [6.45, 7) is 3.24. The van der Waals surface area contributed by atoms with Gasteiger partial charge < -0.3 is 14.5 Å². The van der Waals surface area contributed by atoms with Crippen molar-refractivity contribution < 1.29 is 36.3 Å². The highest BCUT2D eigenvalue weighted by atomic mass is 35.5. The highest BCUT2D eigenvalue weighted by Crippen LogP contribution is 2.39. The topological polar surface area (TPSA) is 86.4 Å². The number of carbonyl (C=O) groups excluding carboxylic acids is 2. The second-order valence-electron chi connectivity index (χ2n) is 8.60. The molecule has 37 heavy (non-hydrogen) atoms. The van der Waals surface area contributed by atoms with Crippen LogP contribution in [0.2, 0.25) is 5.02 Å². The van der Waals surface area contributed by atoms with Crippen LogP contribution in [-0.2, 0) is 24.1 Å². The lowest BCUT2D eigenvalue weighted by Crippen LogP contribution is -2.18. The quantitative estimate of drug-likeness (QED) is 0.220. The molecular weight excluding hydrogens is 538 g/mol. The number of nitrogens with one attached hydrogen (secondary N) is 1. The zero-order chi connectivity index (χ0) is 26.9. The number of ether oxygens (including phenoxy) is 1. The van der Waals surface area contributed by atoms with E-state index in [1.807, 2.05) is 6.92 Å². The Kier molecular flexibility index (Phi) is 8.27. The van der Waals surface area contributed by atoms with E-state index in [0.29, 0.717) is 28.1 Å². The summed E-state index contributed by atoms with van der Waals surface area (Å²) in [4.78, 5) is 26.9. The van der Waals surface area contributed by atoms with Crippen molar-refractivity contribution in [2.24, 2.45) is 0 Å². The van der Waals surface area contributed by atoms with Gasteiger partial charge in [-0.3, -0.25) is 9.48 Å². The van der Waals surface area contributed by atoms with Crippen LogP contribution in [0.5, 0.6) is 0 Å². The molecule has 0 bridgehead atoms. The maximum absolute atomic E-state index is 13.4. The van der Waals surface area contributed by atoms with E-state index < -0.39 is 47.7 Å². The number of aromatic nitrogens is 2. The number of alkyl halides is 4. The minimum absolute atomic E-state index is 0.0221. The van der Waals surface area contributed by atoms with Gasteiger partial charge >= 0.3 is 5.97 Å². The Hall–Kier alpha value is -2.86. The van der Waals surface area contributed by atoms with Crippen LogP contribution >= 0.6 is 22.9 Å². The van der Waals surface area contributed by atoms with Crippen molar-refractivity contribution in [3.05, 3.63) is 56.1 Å². The van der Waals surface area contributed by atoms with Crippen LogP contribution in [0.15, 0.2) is 16.5 Å². The molecular formula is C24H24ClF4N3O4S. The molecule has 1 amide bonds. The van der Waals surface area contributed by atoms with Gasteiger partial charge in [-0.25, -0.2) is 22.4 Å². The lowest BCUT2D eigenvalue weighted by Gasteiger charge is -2.15. The molecule has 4 rings (SSSR count). The predicted molar refractivity (Wildman–Crippen MR) is 129 cm³/mol. The van der Waals surface area contributed by atoms with Crippen LogP contribution in [0, 0.1) is 0 Å². The molecule has 0 saturated carbocycles. The van der Waals surface area contributed by atoms with Gasteiger partial charge in [-0.1, -0.05) is 18.5 Å². The van der Waals surface area contributed by atoms with Crippen LogP contribution in [0.25, 0.3) is 0 Å². The van der Waals surface area contributed by atoms with Crippen molar-refractivity contribution >= 4 is 39.8 Å². The average molecular weight is 562 g/mol. The fraction of sp³-hybridized carbons (Fsp3) is 0.458. The second-order valence-corrected chi connectivity index (χ2v) is 10.1. The molecule has 200 valence electrons. The molecule has 13 heteroatoms. The van der Waals surface area contributed by atoms with Crippen molar-refractivity contribution in [3.8, 4) is 0 Å². The summed E-state index contributed by atoms with van der Waals surface area (Å²) >= 11 is 6.99. The van der Waals surface area contributed by atoms with Crippen LogP contribution in [0.1, 0.15) is 94.5 Å². The van der Waals surface area contributed by atoms with Crippen LogP contribution in [0.4, 0.5) is 22.6 Å². The summed E-state index contributed by atoms with van der Waals surface area (Å²) in [6.07, 6.45) is -2.53. The monoisotopic (exact) mass is 561 g/mol. The SMILES string of the molecule is CCC(C)OC(=O)c1c(NC(=O)c2ccc(Cn3nc(C(F)F)c(Cl)c3C(F)F)o2)sc2c1CCCC2. The summed E-state index contributed by atoms with van der Waals surface area (Å²) < 4.78 is 64.7. The number of amides is 1. The Morgan fingerprint density at radius 1 is 1.22 bits per heavy atom. The first-order chi connectivity index (χ1) is 17.6. The first-order valence-electron chi connectivity index (χ1n) is 11.7. The molecule has 1 N–H and O–H groups in total. The minimum Gasteiger partial charge on any atom is -0.459 e. The number of anilines is 1. The Labute approximate surface area is 218 Å². The number of aryl methyl sites for hydroxylation is 1. The van der Waals surface area contributed by atoms with Crippen LogP contribution < -0.4 is 5.32 Å². The summed E-state index contributed by atoms with van der Waals surface area (Å²) in [5, 5.41) is 5.74. The van der Waals surface area contributed by atoms with E-state index in [1.165, 1.54) is 23.5 Å². The Bertz CT molecular complexity index is 1300. The number of nitrogens with zero attached hydrogens (tertiary/aromatic N) is 2. The van der Waals surface area contributed by atoms with Crippen molar-refractivity contribution in [1.29, 1.82) is 0 Å². The summed E-state index contributed by atoms with van der Waals surface area (Å²) in [5.74, 6) is -1.31. The van der Waals surface area contributed by atoms with Gasteiger partial charge in [0.05, 0.1) is 23.2 Å². The third kappa shape index (κ3) is 5.69.